The molecule has 0 aliphatic heterocycles. The number of nitrogens with two attached hydrogens (primary N) is 1. The van der Waals surface area contributed by atoms with Crippen LogP contribution in [-0.2, 0) is 0 Å². The highest BCUT2D eigenvalue weighted by atomic mass is 35.5. The van der Waals surface area contributed by atoms with Gasteiger partial charge < -0.3 is 0 Å². The molecule has 0 amide bonds. The van der Waals surface area contributed by atoms with Crippen LogP contribution in [0.3, 0.4) is 0 Å². The third-order valence-corrected chi connectivity index (χ3v) is 2.93. The molecule has 0 aliphatic carbocycles. The summed E-state index contributed by atoms with van der Waals surface area (Å²) >= 11 is 5.73. The van der Waals surface area contributed by atoms with E-state index >= 15 is 0 Å². The van der Waals surface area contributed by atoms with E-state index in [1.54, 1.807) is 24.4 Å². The second-order valence-electron chi connectivity index (χ2n) is 4.00. The largest absolute Gasteiger partial charge is 0.271 e. The topological polar surface area (TPSA) is 50.9 Å². The number of benzene rings is 1. The lowest BCUT2D eigenvalue weighted by Crippen LogP contribution is -2.29. The van der Waals surface area contributed by atoms with Crippen molar-refractivity contribution in [1.29, 1.82) is 0 Å². The first-order chi connectivity index (χ1) is 8.61. The highest BCUT2D eigenvalue weighted by molar-refractivity contribution is 6.30. The molecule has 18 heavy (non-hydrogen) atoms. The first-order valence-electron chi connectivity index (χ1n) is 5.45. The van der Waals surface area contributed by atoms with Gasteiger partial charge in [-0.1, -0.05) is 17.7 Å². The number of hydrazine groups is 1. The van der Waals surface area contributed by atoms with Crippen LogP contribution in [0.25, 0.3) is 0 Å². The van der Waals surface area contributed by atoms with Gasteiger partial charge in [0.15, 0.2) is 0 Å². The highest BCUT2D eigenvalue weighted by Gasteiger charge is 2.16. The van der Waals surface area contributed by atoms with E-state index in [4.69, 9.17) is 17.4 Å². The van der Waals surface area contributed by atoms with Crippen molar-refractivity contribution in [2.75, 3.05) is 0 Å². The molecule has 1 heterocycles. The number of rotatable bonds is 3. The molecule has 0 aliphatic rings. The fourth-order valence-electron chi connectivity index (χ4n) is 1.85. The van der Waals surface area contributed by atoms with Gasteiger partial charge in [-0.15, -0.1) is 0 Å². The maximum absolute atomic E-state index is 13.9. The molecule has 2 aromatic rings. The monoisotopic (exact) mass is 265 g/mol. The van der Waals surface area contributed by atoms with E-state index in [0.29, 0.717) is 10.6 Å². The summed E-state index contributed by atoms with van der Waals surface area (Å²) in [6.07, 6.45) is 1.67. The zero-order valence-corrected chi connectivity index (χ0v) is 10.6. The lowest BCUT2D eigenvalue weighted by molar-refractivity contribution is 0.560. The van der Waals surface area contributed by atoms with Crippen molar-refractivity contribution in [1.82, 2.24) is 10.4 Å². The van der Waals surface area contributed by atoms with Crippen molar-refractivity contribution >= 4 is 11.6 Å². The van der Waals surface area contributed by atoms with E-state index in [1.807, 2.05) is 13.0 Å². The van der Waals surface area contributed by atoms with Crippen LogP contribution in [0.5, 0.6) is 0 Å². The molecule has 0 fully saturated rings. The van der Waals surface area contributed by atoms with Crippen molar-refractivity contribution in [3.05, 3.63) is 64.2 Å². The quantitative estimate of drug-likeness (QED) is 0.663. The predicted octanol–water partition coefficient (Wildman–Crippen LogP) is 2.74. The van der Waals surface area contributed by atoms with Crippen LogP contribution in [0.15, 0.2) is 36.5 Å². The molecule has 3 N–H and O–H groups in total. The van der Waals surface area contributed by atoms with Gasteiger partial charge in [-0.05, 0) is 36.8 Å². The molecular weight excluding hydrogens is 253 g/mol. The van der Waals surface area contributed by atoms with E-state index in [1.165, 1.54) is 6.07 Å². The Labute approximate surface area is 110 Å². The lowest BCUT2D eigenvalue weighted by atomic mass is 9.99. The van der Waals surface area contributed by atoms with Crippen molar-refractivity contribution in [3.63, 3.8) is 0 Å². The highest BCUT2D eigenvalue weighted by Crippen LogP contribution is 2.25. The van der Waals surface area contributed by atoms with Gasteiger partial charge in [0.2, 0.25) is 0 Å². The second-order valence-corrected chi connectivity index (χ2v) is 4.43. The molecule has 3 nitrogen and oxygen atoms in total. The molecule has 94 valence electrons. The molecule has 1 unspecified atom stereocenters. The fourth-order valence-corrected chi connectivity index (χ4v) is 2.01. The Bertz CT molecular complexity index is 560. The zero-order valence-electron chi connectivity index (χ0n) is 9.82. The molecule has 0 radical (unpaired) electrons. The third kappa shape index (κ3) is 2.67. The Hall–Kier alpha value is -1.49. The summed E-state index contributed by atoms with van der Waals surface area (Å²) in [5.74, 6) is 5.13. The van der Waals surface area contributed by atoms with Gasteiger partial charge in [0, 0.05) is 22.5 Å². The maximum atomic E-state index is 13.9. The standard InChI is InChI=1S/C13H13ClFN3/c1-8-6-9(4-5-17-8)13(18-16)11-3-2-10(14)7-12(11)15/h2-7,13,18H,16H2,1H3. The van der Waals surface area contributed by atoms with Crippen LogP contribution in [0.4, 0.5) is 4.39 Å². The molecule has 5 heteroatoms. The average Bonchev–Trinajstić information content (AvgIpc) is 2.33. The van der Waals surface area contributed by atoms with Crippen LogP contribution in [0.2, 0.25) is 5.02 Å². The summed E-state index contributed by atoms with van der Waals surface area (Å²) in [5, 5.41) is 0.359. The van der Waals surface area contributed by atoms with Gasteiger partial charge in [-0.3, -0.25) is 10.8 Å². The average molecular weight is 266 g/mol. The minimum absolute atomic E-state index is 0.359. The molecule has 0 spiro atoms. The summed E-state index contributed by atoms with van der Waals surface area (Å²) in [6, 6.07) is 7.76. The smallest absolute Gasteiger partial charge is 0.129 e. The number of hydrogen-bond donors (Lipinski definition) is 2. The first kappa shape index (κ1) is 13.0. The molecule has 0 saturated carbocycles. The van der Waals surface area contributed by atoms with Crippen molar-refractivity contribution in [3.8, 4) is 0 Å². The van der Waals surface area contributed by atoms with E-state index in [0.717, 1.165) is 11.3 Å². The summed E-state index contributed by atoms with van der Waals surface area (Å²) in [7, 11) is 0. The summed E-state index contributed by atoms with van der Waals surface area (Å²) in [5.41, 5.74) is 4.76. The summed E-state index contributed by atoms with van der Waals surface area (Å²) in [4.78, 5) is 4.10. The minimum atomic E-state index is -0.427. The van der Waals surface area contributed by atoms with Crippen molar-refractivity contribution in [2.45, 2.75) is 13.0 Å². The number of halogens is 2. The molecular formula is C13H13ClFN3. The van der Waals surface area contributed by atoms with E-state index < -0.39 is 6.04 Å². The number of aryl methyl sites for hydroxylation is 1. The van der Waals surface area contributed by atoms with Crippen LogP contribution >= 0.6 is 11.6 Å². The molecule has 0 bridgehead atoms. The Morgan fingerprint density at radius 3 is 2.72 bits per heavy atom. The third-order valence-electron chi connectivity index (χ3n) is 2.69. The molecule has 1 atom stereocenters. The van der Waals surface area contributed by atoms with Crippen LogP contribution in [0.1, 0.15) is 22.9 Å². The van der Waals surface area contributed by atoms with Crippen LogP contribution < -0.4 is 11.3 Å². The Balaban J connectivity index is 2.45. The zero-order chi connectivity index (χ0) is 13.1. The number of nitrogens with zero attached hydrogens (tertiary/aromatic N) is 1. The van der Waals surface area contributed by atoms with Gasteiger partial charge in [-0.25, -0.2) is 9.82 Å². The predicted molar refractivity (Wildman–Crippen MR) is 69.6 cm³/mol. The van der Waals surface area contributed by atoms with Crippen molar-refractivity contribution < 1.29 is 4.39 Å². The number of aromatic nitrogens is 1. The lowest BCUT2D eigenvalue weighted by Gasteiger charge is -2.18. The van der Waals surface area contributed by atoms with E-state index in [-0.39, 0.29) is 5.82 Å². The summed E-state index contributed by atoms with van der Waals surface area (Å²) < 4.78 is 13.9. The Kier molecular flexibility index (Phi) is 3.91. The van der Waals surface area contributed by atoms with Gasteiger partial charge in [0.25, 0.3) is 0 Å². The molecule has 1 aromatic heterocycles. The van der Waals surface area contributed by atoms with Gasteiger partial charge in [-0.2, -0.15) is 0 Å². The minimum Gasteiger partial charge on any atom is -0.271 e. The molecule has 1 aromatic carbocycles. The van der Waals surface area contributed by atoms with Gasteiger partial charge >= 0.3 is 0 Å². The first-order valence-corrected chi connectivity index (χ1v) is 5.83. The second kappa shape index (κ2) is 5.44. The fraction of sp³-hybridized carbons (Fsp3) is 0.154. The Morgan fingerprint density at radius 2 is 2.11 bits per heavy atom. The summed E-state index contributed by atoms with van der Waals surface area (Å²) in [6.45, 7) is 1.87. The Morgan fingerprint density at radius 1 is 1.33 bits per heavy atom. The molecule has 0 saturated heterocycles. The number of hydrogen-bond acceptors (Lipinski definition) is 3. The number of nitrogens with one attached hydrogen (secondary N) is 1. The van der Waals surface area contributed by atoms with E-state index in [2.05, 4.69) is 10.4 Å². The number of pyridine rings is 1. The SMILES string of the molecule is Cc1cc(C(NN)c2ccc(Cl)cc2F)ccn1. The van der Waals surface area contributed by atoms with E-state index in [9.17, 15) is 4.39 Å². The maximum Gasteiger partial charge on any atom is 0.129 e. The van der Waals surface area contributed by atoms with Gasteiger partial charge in [0.05, 0.1) is 6.04 Å². The van der Waals surface area contributed by atoms with Crippen LogP contribution in [0, 0.1) is 12.7 Å². The molecule has 2 rings (SSSR count). The van der Waals surface area contributed by atoms with Crippen LogP contribution in [-0.4, -0.2) is 4.98 Å². The van der Waals surface area contributed by atoms with Crippen molar-refractivity contribution in [2.24, 2.45) is 5.84 Å². The van der Waals surface area contributed by atoms with Gasteiger partial charge in [0.1, 0.15) is 5.82 Å². The normalized spacial score (nSPS) is 12.4.